The van der Waals surface area contributed by atoms with Crippen molar-refractivity contribution in [3.8, 4) is 0 Å². The quantitative estimate of drug-likeness (QED) is 0.837. The molecule has 0 aliphatic carbocycles. The molecule has 1 aliphatic rings. The van der Waals surface area contributed by atoms with Gasteiger partial charge in [0.25, 0.3) is 5.91 Å². The minimum atomic E-state index is -3.85. The SMILES string of the molecule is NS(=O)(=O)c1ccc(Br)c(C(=O)N2CCCC2c2cccs2)c1. The van der Waals surface area contributed by atoms with E-state index in [0.717, 1.165) is 17.7 Å². The molecule has 2 aromatic rings. The van der Waals surface area contributed by atoms with Gasteiger partial charge in [-0.15, -0.1) is 11.3 Å². The molecule has 23 heavy (non-hydrogen) atoms. The summed E-state index contributed by atoms with van der Waals surface area (Å²) in [4.78, 5) is 15.8. The fourth-order valence-electron chi connectivity index (χ4n) is 2.79. The summed E-state index contributed by atoms with van der Waals surface area (Å²) in [7, 11) is -3.85. The number of nitrogens with zero attached hydrogens (tertiary/aromatic N) is 1. The smallest absolute Gasteiger partial charge is 0.255 e. The van der Waals surface area contributed by atoms with Crippen LogP contribution in [0.15, 0.2) is 45.1 Å². The van der Waals surface area contributed by atoms with Crippen LogP contribution in [-0.4, -0.2) is 25.8 Å². The molecular weight excluding hydrogens is 400 g/mol. The highest BCUT2D eigenvalue weighted by Gasteiger charge is 2.32. The maximum absolute atomic E-state index is 12.9. The fourth-order valence-corrected chi connectivity index (χ4v) is 4.62. The van der Waals surface area contributed by atoms with E-state index in [0.29, 0.717) is 16.6 Å². The number of carbonyl (C=O) groups is 1. The average Bonchev–Trinajstić information content (AvgIpc) is 3.16. The van der Waals surface area contributed by atoms with Crippen LogP contribution in [-0.2, 0) is 10.0 Å². The first-order valence-electron chi connectivity index (χ1n) is 7.04. The Bertz CT molecular complexity index is 834. The summed E-state index contributed by atoms with van der Waals surface area (Å²) >= 11 is 4.96. The third kappa shape index (κ3) is 3.35. The van der Waals surface area contributed by atoms with Crippen LogP contribution < -0.4 is 5.14 Å². The van der Waals surface area contributed by atoms with Crippen molar-refractivity contribution in [2.45, 2.75) is 23.8 Å². The van der Waals surface area contributed by atoms with Gasteiger partial charge in [-0.3, -0.25) is 4.79 Å². The Hall–Kier alpha value is -1.22. The van der Waals surface area contributed by atoms with E-state index < -0.39 is 10.0 Å². The molecule has 0 spiro atoms. The summed E-state index contributed by atoms with van der Waals surface area (Å²) in [5.74, 6) is -0.182. The first-order valence-corrected chi connectivity index (χ1v) is 10.3. The lowest BCUT2D eigenvalue weighted by molar-refractivity contribution is 0.0736. The predicted octanol–water partition coefficient (Wildman–Crippen LogP) is 3.14. The van der Waals surface area contributed by atoms with Gasteiger partial charge >= 0.3 is 0 Å². The Morgan fingerprint density at radius 2 is 2.13 bits per heavy atom. The van der Waals surface area contributed by atoms with Gasteiger partial charge in [0.1, 0.15) is 0 Å². The Morgan fingerprint density at radius 3 is 2.78 bits per heavy atom. The number of likely N-dealkylation sites (tertiary alicyclic amines) is 1. The molecule has 1 atom stereocenters. The van der Waals surface area contributed by atoms with Gasteiger partial charge in [-0.1, -0.05) is 6.07 Å². The Labute approximate surface area is 147 Å². The first-order chi connectivity index (χ1) is 10.9. The van der Waals surface area contributed by atoms with Gasteiger partial charge in [0.05, 0.1) is 16.5 Å². The number of thiophene rings is 1. The second-order valence-electron chi connectivity index (χ2n) is 5.36. The van der Waals surface area contributed by atoms with Crippen LogP contribution >= 0.6 is 27.3 Å². The van der Waals surface area contributed by atoms with Gasteiger partial charge in [0.2, 0.25) is 10.0 Å². The molecule has 2 N–H and O–H groups in total. The Morgan fingerprint density at radius 1 is 1.35 bits per heavy atom. The van der Waals surface area contributed by atoms with E-state index in [1.807, 2.05) is 17.5 Å². The summed E-state index contributed by atoms with van der Waals surface area (Å²) in [6.07, 6.45) is 1.85. The highest BCUT2D eigenvalue weighted by molar-refractivity contribution is 9.10. The number of sulfonamides is 1. The van der Waals surface area contributed by atoms with Gasteiger partial charge in [-0.2, -0.15) is 0 Å². The molecular formula is C15H15BrN2O3S2. The standard InChI is InChI=1S/C15H15BrN2O3S2/c16-12-6-5-10(23(17,20)21)9-11(12)15(19)18-7-1-3-13(18)14-4-2-8-22-14/h2,4-6,8-9,13H,1,3,7H2,(H2,17,20,21). The number of nitrogens with two attached hydrogens (primary N) is 1. The number of benzene rings is 1. The van der Waals surface area contributed by atoms with Crippen LogP contribution in [0.3, 0.4) is 0 Å². The third-order valence-corrected chi connectivity index (χ3v) is 6.46. The number of rotatable bonds is 3. The van der Waals surface area contributed by atoms with Crippen molar-refractivity contribution < 1.29 is 13.2 Å². The van der Waals surface area contributed by atoms with E-state index in [1.54, 1.807) is 22.3 Å². The number of primary sulfonamides is 1. The van der Waals surface area contributed by atoms with Crippen LogP contribution in [0.5, 0.6) is 0 Å². The molecule has 122 valence electrons. The molecule has 0 bridgehead atoms. The molecule has 8 heteroatoms. The summed E-state index contributed by atoms with van der Waals surface area (Å²) in [6.45, 7) is 0.660. The zero-order valence-corrected chi connectivity index (χ0v) is 15.3. The van der Waals surface area contributed by atoms with Gasteiger partial charge in [-0.05, 0) is 58.4 Å². The van der Waals surface area contributed by atoms with Crippen LogP contribution in [0.4, 0.5) is 0 Å². The lowest BCUT2D eigenvalue weighted by Crippen LogP contribution is -2.30. The number of carbonyl (C=O) groups excluding carboxylic acids is 1. The van der Waals surface area contributed by atoms with Crippen molar-refractivity contribution in [2.24, 2.45) is 5.14 Å². The van der Waals surface area contributed by atoms with Gasteiger partial charge < -0.3 is 4.90 Å². The van der Waals surface area contributed by atoms with E-state index in [-0.39, 0.29) is 16.8 Å². The Kier molecular flexibility index (Phi) is 4.59. The second kappa shape index (κ2) is 6.35. The van der Waals surface area contributed by atoms with Crippen molar-refractivity contribution in [1.29, 1.82) is 0 Å². The molecule has 1 aromatic heterocycles. The number of halogens is 1. The van der Waals surface area contributed by atoms with Gasteiger partial charge in [0.15, 0.2) is 0 Å². The molecule has 0 saturated carbocycles. The number of hydrogen-bond acceptors (Lipinski definition) is 4. The predicted molar refractivity (Wildman–Crippen MR) is 92.8 cm³/mol. The maximum Gasteiger partial charge on any atom is 0.255 e. The van der Waals surface area contributed by atoms with E-state index >= 15 is 0 Å². The third-order valence-electron chi connectivity index (χ3n) is 3.88. The zero-order valence-electron chi connectivity index (χ0n) is 12.1. The topological polar surface area (TPSA) is 80.5 Å². The van der Waals surface area contributed by atoms with Crippen molar-refractivity contribution in [3.63, 3.8) is 0 Å². The average molecular weight is 415 g/mol. The highest BCUT2D eigenvalue weighted by atomic mass is 79.9. The van der Waals surface area contributed by atoms with Crippen molar-refractivity contribution in [1.82, 2.24) is 4.90 Å². The van der Waals surface area contributed by atoms with Crippen molar-refractivity contribution >= 4 is 43.2 Å². The summed E-state index contributed by atoms with van der Waals surface area (Å²) in [5, 5.41) is 7.16. The van der Waals surface area contributed by atoms with E-state index in [1.165, 1.54) is 12.1 Å². The minimum absolute atomic E-state index is 0.0486. The maximum atomic E-state index is 12.9. The molecule has 0 radical (unpaired) electrons. The molecule has 1 aliphatic heterocycles. The van der Waals surface area contributed by atoms with Gasteiger partial charge in [0, 0.05) is 15.9 Å². The number of amides is 1. The summed E-state index contributed by atoms with van der Waals surface area (Å²) in [5.41, 5.74) is 0.319. The summed E-state index contributed by atoms with van der Waals surface area (Å²) < 4.78 is 23.6. The van der Waals surface area contributed by atoms with Crippen LogP contribution in [0.2, 0.25) is 0 Å². The lowest BCUT2D eigenvalue weighted by atomic mass is 10.1. The van der Waals surface area contributed by atoms with E-state index in [2.05, 4.69) is 15.9 Å². The van der Waals surface area contributed by atoms with Gasteiger partial charge in [-0.25, -0.2) is 13.6 Å². The lowest BCUT2D eigenvalue weighted by Gasteiger charge is -2.24. The highest BCUT2D eigenvalue weighted by Crippen LogP contribution is 2.36. The first kappa shape index (κ1) is 16.6. The zero-order chi connectivity index (χ0) is 16.6. The van der Waals surface area contributed by atoms with Crippen LogP contribution in [0.1, 0.15) is 34.1 Å². The fraction of sp³-hybridized carbons (Fsp3) is 0.267. The minimum Gasteiger partial charge on any atom is -0.331 e. The molecule has 2 heterocycles. The Balaban J connectivity index is 1.97. The molecule has 1 fully saturated rings. The van der Waals surface area contributed by atoms with Crippen LogP contribution in [0, 0.1) is 0 Å². The molecule has 1 saturated heterocycles. The normalized spacial score (nSPS) is 18.3. The van der Waals surface area contributed by atoms with E-state index in [9.17, 15) is 13.2 Å². The second-order valence-corrected chi connectivity index (χ2v) is 8.75. The number of hydrogen-bond donors (Lipinski definition) is 1. The van der Waals surface area contributed by atoms with Crippen molar-refractivity contribution in [3.05, 3.63) is 50.6 Å². The van der Waals surface area contributed by atoms with Crippen LogP contribution in [0.25, 0.3) is 0 Å². The monoisotopic (exact) mass is 414 g/mol. The molecule has 5 nitrogen and oxygen atoms in total. The van der Waals surface area contributed by atoms with E-state index in [4.69, 9.17) is 5.14 Å². The summed E-state index contributed by atoms with van der Waals surface area (Å²) in [6, 6.07) is 8.31. The molecule has 1 amide bonds. The van der Waals surface area contributed by atoms with Crippen molar-refractivity contribution in [2.75, 3.05) is 6.54 Å². The molecule has 1 aromatic carbocycles. The molecule has 1 unspecified atom stereocenters. The largest absolute Gasteiger partial charge is 0.331 e. The molecule has 3 rings (SSSR count).